The van der Waals surface area contributed by atoms with E-state index >= 15 is 0 Å². The van der Waals surface area contributed by atoms with Gasteiger partial charge in [-0.1, -0.05) is 18.2 Å². The van der Waals surface area contributed by atoms with E-state index in [2.05, 4.69) is 5.32 Å². The summed E-state index contributed by atoms with van der Waals surface area (Å²) >= 11 is 0. The normalized spacial score (nSPS) is 25.4. The monoisotopic (exact) mass is 223 g/mol. The van der Waals surface area contributed by atoms with Crippen molar-refractivity contribution in [3.63, 3.8) is 0 Å². The van der Waals surface area contributed by atoms with Crippen LogP contribution in [0.1, 0.15) is 5.56 Å². The Hall–Kier alpha value is -1.10. The number of aliphatic hydroxyl groups excluding tert-OH is 1. The van der Waals surface area contributed by atoms with Crippen LogP contribution in [0.25, 0.3) is 0 Å². The molecule has 4 heteroatoms. The number of hydrogen-bond donors (Lipinski definition) is 2. The van der Waals surface area contributed by atoms with Crippen molar-refractivity contribution in [3.05, 3.63) is 29.8 Å². The molecule has 16 heavy (non-hydrogen) atoms. The summed E-state index contributed by atoms with van der Waals surface area (Å²) in [6.45, 7) is 1.87. The SMILES string of the molecule is COc1ccccc1C1(CO)COCCN1. The van der Waals surface area contributed by atoms with Crippen molar-refractivity contribution < 1.29 is 14.6 Å². The lowest BCUT2D eigenvalue weighted by atomic mass is 9.89. The number of aliphatic hydroxyl groups is 1. The quantitative estimate of drug-likeness (QED) is 0.783. The third-order valence-electron chi connectivity index (χ3n) is 2.95. The van der Waals surface area contributed by atoms with Gasteiger partial charge >= 0.3 is 0 Å². The Kier molecular flexibility index (Phi) is 3.43. The van der Waals surface area contributed by atoms with Crippen LogP contribution in [0.4, 0.5) is 0 Å². The predicted octanol–water partition coefficient (Wildman–Crippen LogP) is 0.503. The molecule has 1 atom stereocenters. The summed E-state index contributed by atoms with van der Waals surface area (Å²) in [7, 11) is 1.63. The molecule has 2 N–H and O–H groups in total. The summed E-state index contributed by atoms with van der Waals surface area (Å²) in [6, 6.07) is 7.70. The summed E-state index contributed by atoms with van der Waals surface area (Å²) in [4.78, 5) is 0. The highest BCUT2D eigenvalue weighted by Crippen LogP contribution is 2.31. The molecule has 0 radical (unpaired) electrons. The topological polar surface area (TPSA) is 50.7 Å². The summed E-state index contributed by atoms with van der Waals surface area (Å²) in [5, 5.41) is 12.9. The van der Waals surface area contributed by atoms with Gasteiger partial charge in [0.15, 0.2) is 0 Å². The van der Waals surface area contributed by atoms with E-state index in [9.17, 15) is 5.11 Å². The standard InChI is InChI=1S/C12H17NO3/c1-15-11-5-3-2-4-10(11)12(8-14)9-16-7-6-13-12/h2-5,13-14H,6-9H2,1H3. The molecule has 0 aromatic heterocycles. The van der Waals surface area contributed by atoms with Gasteiger partial charge in [0.05, 0.1) is 32.5 Å². The van der Waals surface area contributed by atoms with Gasteiger partial charge in [-0.05, 0) is 6.07 Å². The molecule has 1 heterocycles. The molecular weight excluding hydrogens is 206 g/mol. The molecule has 0 saturated carbocycles. The zero-order valence-corrected chi connectivity index (χ0v) is 9.40. The van der Waals surface area contributed by atoms with Crippen molar-refractivity contribution >= 4 is 0 Å². The predicted molar refractivity (Wildman–Crippen MR) is 60.6 cm³/mol. The Morgan fingerprint density at radius 2 is 2.31 bits per heavy atom. The first kappa shape index (κ1) is 11.4. The fourth-order valence-electron chi connectivity index (χ4n) is 2.06. The van der Waals surface area contributed by atoms with Crippen LogP contribution < -0.4 is 10.1 Å². The molecule has 1 aromatic carbocycles. The number of nitrogens with one attached hydrogen (secondary N) is 1. The lowest BCUT2D eigenvalue weighted by Crippen LogP contribution is -2.54. The van der Waals surface area contributed by atoms with Crippen LogP contribution in [-0.4, -0.2) is 38.6 Å². The Morgan fingerprint density at radius 3 is 2.94 bits per heavy atom. The van der Waals surface area contributed by atoms with Crippen LogP contribution in [0, 0.1) is 0 Å². The summed E-state index contributed by atoms with van der Waals surface area (Å²) < 4.78 is 10.8. The maximum atomic E-state index is 9.62. The highest BCUT2D eigenvalue weighted by molar-refractivity contribution is 5.39. The van der Waals surface area contributed by atoms with E-state index in [0.29, 0.717) is 13.2 Å². The first-order valence-corrected chi connectivity index (χ1v) is 5.39. The number of methoxy groups -OCH3 is 1. The molecule has 0 aliphatic carbocycles. The molecule has 0 spiro atoms. The first-order valence-electron chi connectivity index (χ1n) is 5.39. The van der Waals surface area contributed by atoms with Gasteiger partial charge in [-0.15, -0.1) is 0 Å². The molecule has 4 nitrogen and oxygen atoms in total. The first-order chi connectivity index (χ1) is 7.82. The Bertz CT molecular complexity index is 348. The van der Waals surface area contributed by atoms with Gasteiger partial charge in [-0.3, -0.25) is 0 Å². The molecule has 2 rings (SSSR count). The van der Waals surface area contributed by atoms with Gasteiger partial charge in [0.1, 0.15) is 5.75 Å². The van der Waals surface area contributed by atoms with Crippen molar-refractivity contribution in [3.8, 4) is 5.75 Å². The lowest BCUT2D eigenvalue weighted by molar-refractivity contribution is -0.00435. The van der Waals surface area contributed by atoms with E-state index in [0.717, 1.165) is 17.9 Å². The van der Waals surface area contributed by atoms with E-state index in [4.69, 9.17) is 9.47 Å². The minimum atomic E-state index is -0.537. The summed E-state index contributed by atoms with van der Waals surface area (Å²) in [5.74, 6) is 0.773. The Morgan fingerprint density at radius 1 is 1.50 bits per heavy atom. The second-order valence-electron chi connectivity index (χ2n) is 3.92. The van der Waals surface area contributed by atoms with Gasteiger partial charge in [-0.25, -0.2) is 0 Å². The Labute approximate surface area is 95.2 Å². The maximum absolute atomic E-state index is 9.62. The van der Waals surface area contributed by atoms with Crippen LogP contribution in [0.3, 0.4) is 0 Å². The van der Waals surface area contributed by atoms with Gasteiger partial charge in [0.2, 0.25) is 0 Å². The highest BCUT2D eigenvalue weighted by Gasteiger charge is 2.36. The third-order valence-corrected chi connectivity index (χ3v) is 2.95. The van der Waals surface area contributed by atoms with Crippen LogP contribution in [0.15, 0.2) is 24.3 Å². The van der Waals surface area contributed by atoms with Gasteiger partial charge < -0.3 is 19.9 Å². The number of para-hydroxylation sites is 1. The minimum absolute atomic E-state index is 0.00657. The van der Waals surface area contributed by atoms with E-state index in [-0.39, 0.29) is 6.61 Å². The van der Waals surface area contributed by atoms with Crippen LogP contribution in [-0.2, 0) is 10.3 Å². The molecule has 0 bridgehead atoms. The third kappa shape index (κ3) is 1.91. The highest BCUT2D eigenvalue weighted by atomic mass is 16.5. The number of hydrogen-bond acceptors (Lipinski definition) is 4. The van der Waals surface area contributed by atoms with E-state index in [1.807, 2.05) is 24.3 Å². The van der Waals surface area contributed by atoms with Gasteiger partial charge in [0.25, 0.3) is 0 Å². The van der Waals surface area contributed by atoms with E-state index in [1.165, 1.54) is 0 Å². The number of ether oxygens (including phenoxy) is 2. The second kappa shape index (κ2) is 4.82. The summed E-state index contributed by atoms with van der Waals surface area (Å²) in [6.07, 6.45) is 0. The van der Waals surface area contributed by atoms with Crippen molar-refractivity contribution in [2.75, 3.05) is 33.5 Å². The van der Waals surface area contributed by atoms with Crippen LogP contribution >= 0.6 is 0 Å². The van der Waals surface area contributed by atoms with Crippen molar-refractivity contribution in [2.45, 2.75) is 5.54 Å². The molecule has 1 fully saturated rings. The van der Waals surface area contributed by atoms with E-state index in [1.54, 1.807) is 7.11 Å². The number of morpholine rings is 1. The smallest absolute Gasteiger partial charge is 0.124 e. The maximum Gasteiger partial charge on any atom is 0.124 e. The molecule has 1 saturated heterocycles. The number of benzene rings is 1. The molecule has 0 amide bonds. The fraction of sp³-hybridized carbons (Fsp3) is 0.500. The minimum Gasteiger partial charge on any atom is -0.496 e. The largest absolute Gasteiger partial charge is 0.496 e. The van der Waals surface area contributed by atoms with Gasteiger partial charge in [0, 0.05) is 12.1 Å². The van der Waals surface area contributed by atoms with Crippen LogP contribution in [0.5, 0.6) is 5.75 Å². The zero-order valence-electron chi connectivity index (χ0n) is 9.40. The van der Waals surface area contributed by atoms with Gasteiger partial charge in [-0.2, -0.15) is 0 Å². The average molecular weight is 223 g/mol. The van der Waals surface area contributed by atoms with Crippen molar-refractivity contribution in [1.82, 2.24) is 5.32 Å². The molecule has 1 aliphatic heterocycles. The second-order valence-corrected chi connectivity index (χ2v) is 3.92. The number of rotatable bonds is 3. The zero-order chi connectivity index (χ0) is 11.4. The lowest BCUT2D eigenvalue weighted by Gasteiger charge is -2.37. The molecule has 1 aromatic rings. The molecule has 88 valence electrons. The van der Waals surface area contributed by atoms with Crippen molar-refractivity contribution in [2.24, 2.45) is 0 Å². The summed E-state index contributed by atoms with van der Waals surface area (Å²) in [5.41, 5.74) is 0.407. The fourth-order valence-corrected chi connectivity index (χ4v) is 2.06. The average Bonchev–Trinajstić information content (AvgIpc) is 2.39. The van der Waals surface area contributed by atoms with Crippen LogP contribution in [0.2, 0.25) is 0 Å². The molecule has 1 unspecified atom stereocenters. The van der Waals surface area contributed by atoms with Crippen molar-refractivity contribution in [1.29, 1.82) is 0 Å². The van der Waals surface area contributed by atoms with E-state index < -0.39 is 5.54 Å². The molecular formula is C12H17NO3. The Balaban J connectivity index is 2.38. The molecule has 1 aliphatic rings.